The van der Waals surface area contributed by atoms with Crippen molar-refractivity contribution in [1.82, 2.24) is 4.90 Å². The van der Waals surface area contributed by atoms with Crippen LogP contribution in [0.25, 0.3) is 0 Å². The van der Waals surface area contributed by atoms with Gasteiger partial charge in [-0.05, 0) is 32.8 Å². The molecule has 9 heteroatoms. The largest absolute Gasteiger partial charge is 0.504 e. The molecule has 0 bridgehead atoms. The summed E-state index contributed by atoms with van der Waals surface area (Å²) in [7, 11) is 1.47. The van der Waals surface area contributed by atoms with E-state index in [4.69, 9.17) is 14.2 Å². The van der Waals surface area contributed by atoms with E-state index >= 15 is 0 Å². The van der Waals surface area contributed by atoms with Gasteiger partial charge in [0.05, 0.1) is 17.6 Å². The van der Waals surface area contributed by atoms with Crippen LogP contribution in [0.2, 0.25) is 0 Å². The Hall–Kier alpha value is -2.94. The van der Waals surface area contributed by atoms with E-state index in [1.54, 1.807) is 20.0 Å². The predicted octanol–water partition coefficient (Wildman–Crippen LogP) is 2.80. The Labute approximate surface area is 211 Å². The van der Waals surface area contributed by atoms with Crippen LogP contribution in [-0.2, 0) is 33.4 Å². The Morgan fingerprint density at radius 2 is 1.89 bits per heavy atom. The lowest BCUT2D eigenvalue weighted by atomic mass is 9.53. The molecule has 0 aromatic heterocycles. The van der Waals surface area contributed by atoms with Crippen LogP contribution in [0.4, 0.5) is 0 Å². The zero-order valence-electron chi connectivity index (χ0n) is 21.8. The number of ketones is 2. The SMILES string of the molecule is CCN(/C=C1\C(=O)O[C@H](COC)[C@@]2(C)C1=C(O)C(=O)C1=C2[C@H](OC(C)=O)C[C@]2(C)C(=O)CC[C@@H]12)CC. The van der Waals surface area contributed by atoms with Crippen LogP contribution in [0.5, 0.6) is 0 Å². The molecule has 1 aliphatic heterocycles. The lowest BCUT2D eigenvalue weighted by Gasteiger charge is -2.53. The molecule has 4 aliphatic rings. The summed E-state index contributed by atoms with van der Waals surface area (Å²) < 4.78 is 17.1. The molecule has 1 N–H and O–H groups in total. The second-order valence-corrected chi connectivity index (χ2v) is 10.4. The number of esters is 2. The number of aliphatic hydroxyl groups is 1. The molecule has 1 saturated heterocycles. The highest BCUT2D eigenvalue weighted by atomic mass is 16.6. The quantitative estimate of drug-likeness (QED) is 0.433. The Morgan fingerprint density at radius 3 is 2.47 bits per heavy atom. The highest BCUT2D eigenvalue weighted by Gasteiger charge is 2.64. The van der Waals surface area contributed by atoms with Crippen LogP contribution in [0.3, 0.4) is 0 Å². The van der Waals surface area contributed by atoms with Crippen LogP contribution in [0.15, 0.2) is 34.3 Å². The van der Waals surface area contributed by atoms with Crippen molar-refractivity contribution >= 4 is 23.5 Å². The minimum absolute atomic E-state index is 0.00377. The molecule has 1 heterocycles. The fraction of sp³-hybridized carbons (Fsp3) is 0.630. The van der Waals surface area contributed by atoms with Gasteiger partial charge in [-0.25, -0.2) is 4.79 Å². The first-order chi connectivity index (χ1) is 16.9. The zero-order chi connectivity index (χ0) is 26.6. The number of ether oxygens (including phenoxy) is 3. The number of cyclic esters (lactones) is 1. The van der Waals surface area contributed by atoms with Gasteiger partial charge in [0.15, 0.2) is 5.76 Å². The molecule has 1 saturated carbocycles. The Balaban J connectivity index is 2.03. The summed E-state index contributed by atoms with van der Waals surface area (Å²) in [5, 5.41) is 11.4. The first-order valence-corrected chi connectivity index (χ1v) is 12.5. The third-order valence-corrected chi connectivity index (χ3v) is 8.54. The average molecular weight is 502 g/mol. The third kappa shape index (κ3) is 3.62. The molecule has 0 unspecified atom stereocenters. The standard InChI is InChI=1S/C27H35NO8/c1-7-28(8-2)12-15-21-24(32)23(31)20-16-9-10-18(30)26(16,4)11-17(35-14(3)29)22(20)27(21,5)19(13-34-6)36-25(15)33/h12,16-17,19,32H,7-11,13H2,1-6H3/b15-12-/t16-,17+,19+,26-,27-/m0/s1. The molecule has 0 aromatic rings. The Kier molecular flexibility index (Phi) is 6.66. The van der Waals surface area contributed by atoms with Gasteiger partial charge in [0.25, 0.3) is 0 Å². The number of rotatable bonds is 6. The maximum absolute atomic E-state index is 13.9. The van der Waals surface area contributed by atoms with Crippen molar-refractivity contribution in [2.75, 3.05) is 26.8 Å². The number of methoxy groups -OCH3 is 1. The van der Waals surface area contributed by atoms with Crippen molar-refractivity contribution in [1.29, 1.82) is 0 Å². The van der Waals surface area contributed by atoms with Crippen molar-refractivity contribution < 1.29 is 38.5 Å². The van der Waals surface area contributed by atoms with Gasteiger partial charge in [-0.15, -0.1) is 0 Å². The van der Waals surface area contributed by atoms with Crippen LogP contribution >= 0.6 is 0 Å². The van der Waals surface area contributed by atoms with E-state index in [0.29, 0.717) is 37.1 Å². The van der Waals surface area contributed by atoms with Crippen molar-refractivity contribution in [3.63, 3.8) is 0 Å². The molecule has 0 amide bonds. The molecule has 196 valence electrons. The van der Waals surface area contributed by atoms with E-state index in [1.807, 2.05) is 18.7 Å². The van der Waals surface area contributed by atoms with Crippen LogP contribution in [0.1, 0.15) is 53.9 Å². The van der Waals surface area contributed by atoms with Gasteiger partial charge in [0.2, 0.25) is 5.78 Å². The summed E-state index contributed by atoms with van der Waals surface area (Å²) in [5.41, 5.74) is -1.09. The lowest BCUT2D eigenvalue weighted by Crippen LogP contribution is -2.57. The summed E-state index contributed by atoms with van der Waals surface area (Å²) >= 11 is 0. The second kappa shape index (κ2) is 9.18. The Bertz CT molecular complexity index is 1110. The average Bonchev–Trinajstić information content (AvgIpc) is 3.11. The molecular weight excluding hydrogens is 466 g/mol. The number of aliphatic hydroxyl groups excluding tert-OH is 1. The number of allylic oxidation sites excluding steroid dienone is 1. The van der Waals surface area contributed by atoms with Gasteiger partial charge in [-0.1, -0.05) is 6.92 Å². The van der Waals surface area contributed by atoms with E-state index in [9.17, 15) is 24.3 Å². The molecule has 36 heavy (non-hydrogen) atoms. The summed E-state index contributed by atoms with van der Waals surface area (Å²) in [4.78, 5) is 54.2. The summed E-state index contributed by atoms with van der Waals surface area (Å²) in [6.07, 6.45) is 0.801. The topological polar surface area (TPSA) is 119 Å². The summed E-state index contributed by atoms with van der Waals surface area (Å²) in [6.45, 7) is 9.93. The van der Waals surface area contributed by atoms with Crippen molar-refractivity contribution in [3.05, 3.63) is 34.3 Å². The normalized spacial score (nSPS) is 34.9. The van der Waals surface area contributed by atoms with E-state index in [0.717, 1.165) is 0 Å². The number of fused-ring (bicyclic) bond motifs is 4. The van der Waals surface area contributed by atoms with Gasteiger partial charge in [0.1, 0.15) is 18.0 Å². The highest BCUT2D eigenvalue weighted by Crippen LogP contribution is 2.62. The monoisotopic (exact) mass is 501 g/mol. The van der Waals surface area contributed by atoms with Crippen LogP contribution < -0.4 is 0 Å². The van der Waals surface area contributed by atoms with Crippen LogP contribution in [0, 0.1) is 16.7 Å². The number of hydrogen-bond donors (Lipinski definition) is 1. The molecule has 0 radical (unpaired) electrons. The fourth-order valence-corrected chi connectivity index (χ4v) is 6.67. The molecule has 5 atom stereocenters. The number of carbonyl (C=O) groups is 4. The number of hydrogen-bond acceptors (Lipinski definition) is 9. The Morgan fingerprint density at radius 1 is 1.22 bits per heavy atom. The summed E-state index contributed by atoms with van der Waals surface area (Å²) in [6, 6.07) is 0. The molecule has 0 aromatic carbocycles. The third-order valence-electron chi connectivity index (χ3n) is 8.54. The highest BCUT2D eigenvalue weighted by molar-refractivity contribution is 6.14. The predicted molar refractivity (Wildman–Crippen MR) is 129 cm³/mol. The van der Waals surface area contributed by atoms with Crippen molar-refractivity contribution in [2.45, 2.75) is 66.1 Å². The maximum atomic E-state index is 13.9. The van der Waals surface area contributed by atoms with Gasteiger partial charge in [-0.2, -0.15) is 0 Å². The smallest absolute Gasteiger partial charge is 0.340 e. The molecule has 3 aliphatic carbocycles. The number of carbonyl (C=O) groups excluding carboxylic acids is 4. The first kappa shape index (κ1) is 26.1. The summed E-state index contributed by atoms with van der Waals surface area (Å²) in [5.74, 6) is -2.80. The van der Waals surface area contributed by atoms with E-state index in [2.05, 4.69) is 0 Å². The maximum Gasteiger partial charge on any atom is 0.340 e. The first-order valence-electron chi connectivity index (χ1n) is 12.5. The molecule has 2 fully saturated rings. The van der Waals surface area contributed by atoms with Gasteiger partial charge >= 0.3 is 11.9 Å². The zero-order valence-corrected chi connectivity index (χ0v) is 21.8. The van der Waals surface area contributed by atoms with Crippen molar-refractivity contribution in [3.8, 4) is 0 Å². The van der Waals surface area contributed by atoms with Gasteiger partial charge in [0, 0.05) is 68.6 Å². The lowest BCUT2D eigenvalue weighted by molar-refractivity contribution is -0.160. The molecule has 9 nitrogen and oxygen atoms in total. The second-order valence-electron chi connectivity index (χ2n) is 10.4. The van der Waals surface area contributed by atoms with Crippen molar-refractivity contribution in [2.24, 2.45) is 16.7 Å². The van der Waals surface area contributed by atoms with E-state index < -0.39 is 52.4 Å². The minimum Gasteiger partial charge on any atom is -0.504 e. The van der Waals surface area contributed by atoms with Gasteiger partial charge < -0.3 is 24.2 Å². The molecule has 0 spiro atoms. The van der Waals surface area contributed by atoms with Gasteiger partial charge in [-0.3, -0.25) is 14.4 Å². The number of Topliss-reactive ketones (excluding diaryl/α,β-unsaturated/α-hetero) is 2. The molecular formula is C27H35NO8. The van der Waals surface area contributed by atoms with E-state index in [-0.39, 0.29) is 30.0 Å². The minimum atomic E-state index is -1.22. The van der Waals surface area contributed by atoms with Crippen LogP contribution in [-0.4, -0.2) is 72.5 Å². The molecule has 4 rings (SSSR count). The number of nitrogens with zero attached hydrogens (tertiary/aromatic N) is 1. The van der Waals surface area contributed by atoms with E-state index in [1.165, 1.54) is 14.0 Å². The fourth-order valence-electron chi connectivity index (χ4n) is 6.67.